The fourth-order valence-corrected chi connectivity index (χ4v) is 7.87. The summed E-state index contributed by atoms with van der Waals surface area (Å²) in [5.41, 5.74) is 12.5. The zero-order valence-corrected chi connectivity index (χ0v) is 33.7. The fraction of sp³-hybridized carbons (Fsp3) is 0.146. The summed E-state index contributed by atoms with van der Waals surface area (Å²) < 4.78 is 71.0. The Kier molecular flexibility index (Phi) is 10.3. The van der Waals surface area contributed by atoms with Gasteiger partial charge >= 0.3 is 0 Å². The Morgan fingerprint density at radius 3 is 1.18 bits per heavy atom. The van der Waals surface area contributed by atoms with Crippen LogP contribution in [0.2, 0.25) is 0 Å². The van der Waals surface area contributed by atoms with E-state index in [0.29, 0.717) is 58.6 Å². The van der Waals surface area contributed by atoms with Crippen molar-refractivity contribution in [3.63, 3.8) is 0 Å². The number of benzene rings is 1. The number of hydrogen-bond acceptors (Lipinski definition) is 4. The molecule has 13 heteroatoms. The second-order valence-electron chi connectivity index (χ2n) is 15.2. The molecule has 2 aliphatic heterocycles. The van der Waals surface area contributed by atoms with Crippen LogP contribution in [-0.4, -0.2) is 33.0 Å². The summed E-state index contributed by atoms with van der Waals surface area (Å²) in [6.45, 7) is 0.435. The van der Waals surface area contributed by atoms with Gasteiger partial charge < -0.3 is 21.0 Å². The van der Waals surface area contributed by atoms with Crippen molar-refractivity contribution in [2.75, 3.05) is 18.4 Å². The summed E-state index contributed by atoms with van der Waals surface area (Å²) in [4.78, 5) is 17.3. The summed E-state index contributed by atoms with van der Waals surface area (Å²) >= 11 is 0. The molecule has 7 aromatic rings. The van der Waals surface area contributed by atoms with E-state index in [-0.39, 0.29) is 23.3 Å². The van der Waals surface area contributed by atoms with Crippen LogP contribution in [0.15, 0.2) is 97.8 Å². The largest absolute Gasteiger partial charge is 0.380 e. The van der Waals surface area contributed by atoms with Crippen LogP contribution in [0.1, 0.15) is 35.6 Å². The van der Waals surface area contributed by atoms with Gasteiger partial charge in [-0.3, -0.25) is 0 Å². The molecule has 0 amide bonds. The average molecular weight is 821 g/mol. The molecule has 61 heavy (non-hydrogen) atoms. The monoisotopic (exact) mass is 820 g/mol. The number of anilines is 1. The van der Waals surface area contributed by atoms with Gasteiger partial charge in [-0.2, -0.15) is 0 Å². The number of aromatic nitrogens is 7. The number of pyridine rings is 3. The molecule has 0 saturated carbocycles. The molecule has 0 unspecified atom stereocenters. The molecule has 9 nitrogen and oxygen atoms in total. The number of hydrogen-bond donors (Lipinski definition) is 4. The van der Waals surface area contributed by atoms with Crippen LogP contribution >= 0.6 is 0 Å². The van der Waals surface area contributed by atoms with Crippen molar-refractivity contribution in [3.8, 4) is 44.5 Å². The Morgan fingerprint density at radius 1 is 0.475 bits per heavy atom. The van der Waals surface area contributed by atoms with Crippen LogP contribution < -0.4 is 24.8 Å². The number of nitrogens with two attached hydrogens (primary N) is 1. The van der Waals surface area contributed by atoms with E-state index in [2.05, 4.69) is 15.3 Å². The van der Waals surface area contributed by atoms with Crippen molar-refractivity contribution in [2.24, 2.45) is 26.9 Å². The van der Waals surface area contributed by atoms with E-state index in [0.717, 1.165) is 27.8 Å². The number of nitrogens with zero attached hydrogens (tertiary/aromatic N) is 5. The number of halogens is 4. The standard InChI is InChI=1S/C48H41F4N9/c1-59-22-14-28(15-23-59)39-31-6-8-33(55-31)40(29-16-24-60(2)25-17-29)35-10-12-37(57-35)42(43-44(49)46(51)48(47(52)45(43)50)54-21-5-4-20-53)38-13-11-36(58-38)41(34-9-7-32(39)56-34)30-18-26-61(3)27-19-30/h6-19,22-27H,4-5,20-21,53H2,1-3H3,(H2,54,55,56,57,58)/q+2/p+1. The van der Waals surface area contributed by atoms with Gasteiger partial charge in [0.05, 0.1) is 28.3 Å². The van der Waals surface area contributed by atoms with Crippen LogP contribution in [0.5, 0.6) is 0 Å². The van der Waals surface area contributed by atoms with Crippen LogP contribution in [0.25, 0.3) is 90.9 Å². The van der Waals surface area contributed by atoms with Crippen LogP contribution in [0.3, 0.4) is 0 Å². The maximum atomic E-state index is 16.6. The molecule has 0 radical (unpaired) electrons. The highest BCUT2D eigenvalue weighted by Gasteiger charge is 2.30. The number of rotatable bonds is 9. The summed E-state index contributed by atoms with van der Waals surface area (Å²) in [7, 11) is 5.79. The minimum absolute atomic E-state index is 0.0706. The molecule has 5 N–H and O–H groups in total. The average Bonchev–Trinajstić information content (AvgIpc) is 4.11. The molecule has 304 valence electrons. The number of unbranched alkanes of at least 4 members (excludes halogenated alkanes) is 1. The molecule has 0 fully saturated rings. The van der Waals surface area contributed by atoms with Crippen molar-refractivity contribution in [1.29, 1.82) is 0 Å². The summed E-state index contributed by atoms with van der Waals surface area (Å²) in [6, 6.07) is 19.2. The Hall–Kier alpha value is -7.25. The Morgan fingerprint density at radius 2 is 0.820 bits per heavy atom. The van der Waals surface area contributed by atoms with Gasteiger partial charge in [0.25, 0.3) is 0 Å². The molecular weight excluding hydrogens is 779 g/mol. The summed E-state index contributed by atoms with van der Waals surface area (Å²) in [5.74, 6) is -6.20. The number of nitrogens with one attached hydrogen (secondary N) is 3. The first kappa shape index (κ1) is 39.2. The van der Waals surface area contributed by atoms with Crippen LogP contribution in [0, 0.1) is 23.3 Å². The molecule has 1 aromatic carbocycles. The van der Waals surface area contributed by atoms with E-state index < -0.39 is 34.5 Å². The van der Waals surface area contributed by atoms with Crippen LogP contribution in [0.4, 0.5) is 23.2 Å². The summed E-state index contributed by atoms with van der Waals surface area (Å²) in [6.07, 6.45) is 19.9. The van der Waals surface area contributed by atoms with Gasteiger partial charge in [-0.05, 0) is 84.6 Å². The van der Waals surface area contributed by atoms with Crippen molar-refractivity contribution in [3.05, 3.63) is 144 Å². The highest BCUT2D eigenvalue weighted by molar-refractivity contribution is 5.99. The van der Waals surface area contributed by atoms with Crippen LogP contribution in [-0.2, 0) is 21.1 Å². The molecule has 2 aliphatic rings. The van der Waals surface area contributed by atoms with Gasteiger partial charge in [0.2, 0.25) is 0 Å². The molecule has 6 aromatic heterocycles. The van der Waals surface area contributed by atoms with Crippen molar-refractivity contribution < 1.29 is 31.3 Å². The molecule has 8 bridgehead atoms. The number of H-pyrrole nitrogens is 2. The van der Waals surface area contributed by atoms with Gasteiger partial charge in [0.15, 0.2) is 60.4 Å². The Balaban J connectivity index is 1.43. The fourth-order valence-electron chi connectivity index (χ4n) is 7.87. The number of fused-ring (bicyclic) bond motifs is 8. The van der Waals surface area contributed by atoms with E-state index in [1.54, 1.807) is 24.3 Å². The molecular formula is C48H42F4N9+3. The smallest absolute Gasteiger partial charge is 0.185 e. The summed E-state index contributed by atoms with van der Waals surface area (Å²) in [5, 5.41) is 2.54. The lowest BCUT2D eigenvalue weighted by Crippen LogP contribution is -2.25. The maximum Gasteiger partial charge on any atom is 0.185 e. The quantitative estimate of drug-likeness (QED) is 0.0508. The molecule has 9 rings (SSSR count). The van der Waals surface area contributed by atoms with Gasteiger partial charge in [0, 0.05) is 87.3 Å². The van der Waals surface area contributed by atoms with Gasteiger partial charge in [-0.1, -0.05) is 0 Å². The van der Waals surface area contributed by atoms with Crippen molar-refractivity contribution in [1.82, 2.24) is 19.9 Å². The molecule has 0 atom stereocenters. The lowest BCUT2D eigenvalue weighted by Gasteiger charge is -2.14. The number of aromatic amines is 2. The number of aryl methyl sites for hydroxylation is 3. The van der Waals surface area contributed by atoms with Gasteiger partial charge in [0.1, 0.15) is 26.8 Å². The van der Waals surface area contributed by atoms with Crippen molar-refractivity contribution >= 4 is 52.1 Å². The third-order valence-corrected chi connectivity index (χ3v) is 11.0. The highest BCUT2D eigenvalue weighted by atomic mass is 19.2. The SMILES string of the molecule is C[n+]1ccc(-c2c3nc(c(-c4cc[n+](C)cc4)c4ccc([nH]4)c(-c4c(F)c(F)c(NCCCCN)c(F)c4F)c4nc(c(-c5cc[n+](C)cc5)c5ccc2[nH]5)C=C4)C=C3)cc1. The molecule has 0 spiro atoms. The van der Waals surface area contributed by atoms with E-state index >= 15 is 17.6 Å². The zero-order chi connectivity index (χ0) is 42.4. The van der Waals surface area contributed by atoms with E-state index in [4.69, 9.17) is 15.7 Å². The first-order chi connectivity index (χ1) is 29.6. The molecule has 0 aliphatic carbocycles. The third-order valence-electron chi connectivity index (χ3n) is 11.0. The second-order valence-corrected chi connectivity index (χ2v) is 15.2. The lowest BCUT2D eigenvalue weighted by molar-refractivity contribution is -0.671. The van der Waals surface area contributed by atoms with Gasteiger partial charge in [-0.15, -0.1) is 0 Å². The zero-order valence-electron chi connectivity index (χ0n) is 33.7. The first-order valence-electron chi connectivity index (χ1n) is 19.9. The Bertz CT molecular complexity index is 3000. The van der Waals surface area contributed by atoms with E-state index in [9.17, 15) is 0 Å². The topological polar surface area (TPSA) is 107 Å². The predicted molar refractivity (Wildman–Crippen MR) is 231 cm³/mol. The molecule has 0 saturated heterocycles. The van der Waals surface area contributed by atoms with E-state index in [1.807, 2.05) is 133 Å². The van der Waals surface area contributed by atoms with E-state index in [1.165, 1.54) is 0 Å². The first-order valence-corrected chi connectivity index (χ1v) is 19.9. The van der Waals surface area contributed by atoms with Gasteiger partial charge in [-0.25, -0.2) is 41.2 Å². The predicted octanol–water partition coefficient (Wildman–Crippen LogP) is 8.50. The highest BCUT2D eigenvalue weighted by Crippen LogP contribution is 2.41. The minimum atomic E-state index is -1.56. The Labute approximate surface area is 348 Å². The maximum absolute atomic E-state index is 16.6. The molecule has 8 heterocycles. The van der Waals surface area contributed by atoms with Crippen molar-refractivity contribution in [2.45, 2.75) is 12.8 Å². The minimum Gasteiger partial charge on any atom is -0.380 e. The third kappa shape index (κ3) is 7.27. The lowest BCUT2D eigenvalue weighted by atomic mass is 10.0. The second kappa shape index (κ2) is 16.1. The normalized spacial score (nSPS) is 12.1.